The van der Waals surface area contributed by atoms with Gasteiger partial charge in [-0.05, 0) is 32.2 Å². The van der Waals surface area contributed by atoms with Crippen LogP contribution in [0.5, 0.6) is 0 Å². The Morgan fingerprint density at radius 1 is 1.22 bits per heavy atom. The van der Waals surface area contributed by atoms with Crippen molar-refractivity contribution >= 4 is 51.9 Å². The summed E-state index contributed by atoms with van der Waals surface area (Å²) in [6.45, 7) is 3.92. The second-order valence-corrected chi connectivity index (χ2v) is 7.48. The van der Waals surface area contributed by atoms with E-state index < -0.39 is 0 Å². The zero-order valence-corrected chi connectivity index (χ0v) is 15.2. The van der Waals surface area contributed by atoms with Gasteiger partial charge in [0.2, 0.25) is 0 Å². The van der Waals surface area contributed by atoms with Gasteiger partial charge in [-0.15, -0.1) is 11.8 Å². The van der Waals surface area contributed by atoms with E-state index in [4.69, 9.17) is 21.8 Å². The second kappa shape index (κ2) is 6.59. The molecule has 0 radical (unpaired) electrons. The topological polar surface area (TPSA) is 77.8 Å². The Labute approximate surface area is 147 Å². The largest absolute Gasteiger partial charge is 0.458 e. The van der Waals surface area contributed by atoms with Gasteiger partial charge in [0.1, 0.15) is 16.6 Å². The van der Waals surface area contributed by atoms with E-state index in [-0.39, 0.29) is 5.25 Å². The third-order valence-corrected chi connectivity index (χ3v) is 5.08. The number of nitrogens with zero attached hydrogens (tertiary/aromatic N) is 3. The highest BCUT2D eigenvalue weighted by atomic mass is 35.5. The number of nitrogens with two attached hydrogens (primary N) is 1. The van der Waals surface area contributed by atoms with Gasteiger partial charge in [0, 0.05) is 11.5 Å². The Morgan fingerprint density at radius 2 is 2.00 bits per heavy atom. The molecule has 0 spiro atoms. The normalized spacial score (nSPS) is 12.7. The number of nitrogen functional groups attached to an aromatic ring is 1. The number of hydrogen-bond acceptors (Lipinski definition) is 7. The zero-order chi connectivity index (χ0) is 16.6. The summed E-state index contributed by atoms with van der Waals surface area (Å²) in [6, 6.07) is 5.69. The Bertz CT molecular complexity index is 868. The van der Waals surface area contributed by atoms with Crippen LogP contribution < -0.4 is 5.73 Å². The van der Waals surface area contributed by atoms with Crippen molar-refractivity contribution in [2.45, 2.75) is 29.3 Å². The summed E-state index contributed by atoms with van der Waals surface area (Å²) in [6.07, 6.45) is 1.95. The van der Waals surface area contributed by atoms with E-state index in [2.05, 4.69) is 15.0 Å². The molecular weight excluding hydrogens is 352 g/mol. The molecule has 0 aliphatic rings. The van der Waals surface area contributed by atoms with Crippen LogP contribution >= 0.6 is 35.1 Å². The van der Waals surface area contributed by atoms with Crippen molar-refractivity contribution in [1.29, 1.82) is 0 Å². The molecule has 0 aliphatic carbocycles. The Balaban J connectivity index is 1.91. The van der Waals surface area contributed by atoms with Crippen LogP contribution in [0.4, 0.5) is 5.82 Å². The second-order valence-electron chi connectivity index (χ2n) is 4.99. The first-order valence-electron chi connectivity index (χ1n) is 6.88. The summed E-state index contributed by atoms with van der Waals surface area (Å²) in [5, 5.41) is 2.82. The van der Waals surface area contributed by atoms with Crippen LogP contribution in [0.25, 0.3) is 11.0 Å². The Kier molecular flexibility index (Phi) is 4.70. The zero-order valence-electron chi connectivity index (χ0n) is 12.8. The number of halogens is 1. The number of rotatable bonds is 4. The van der Waals surface area contributed by atoms with Gasteiger partial charge in [-0.2, -0.15) is 0 Å². The molecule has 1 atom stereocenters. The van der Waals surface area contributed by atoms with E-state index in [1.54, 1.807) is 6.07 Å². The van der Waals surface area contributed by atoms with Crippen molar-refractivity contribution in [1.82, 2.24) is 15.0 Å². The monoisotopic (exact) mass is 366 g/mol. The van der Waals surface area contributed by atoms with Crippen LogP contribution in [0.3, 0.4) is 0 Å². The first-order chi connectivity index (χ1) is 11.0. The molecule has 3 aromatic heterocycles. The van der Waals surface area contributed by atoms with E-state index in [0.29, 0.717) is 21.7 Å². The van der Waals surface area contributed by atoms with E-state index in [0.717, 1.165) is 21.9 Å². The minimum absolute atomic E-state index is 0.0311. The summed E-state index contributed by atoms with van der Waals surface area (Å²) in [7, 11) is 0. The first-order valence-corrected chi connectivity index (χ1v) is 9.36. The van der Waals surface area contributed by atoms with Gasteiger partial charge in [0.15, 0.2) is 15.9 Å². The summed E-state index contributed by atoms with van der Waals surface area (Å²) in [4.78, 5) is 13.2. The van der Waals surface area contributed by atoms with Crippen LogP contribution in [-0.2, 0) is 0 Å². The van der Waals surface area contributed by atoms with Crippen molar-refractivity contribution in [2.24, 2.45) is 0 Å². The average molecular weight is 367 g/mol. The van der Waals surface area contributed by atoms with Crippen molar-refractivity contribution in [3.8, 4) is 0 Å². The number of aromatic nitrogens is 3. The van der Waals surface area contributed by atoms with Crippen molar-refractivity contribution in [2.75, 3.05) is 12.0 Å². The number of fused-ring (bicyclic) bond motifs is 1. The maximum Gasteiger partial charge on any atom is 0.191 e. The number of thioether (sulfide) groups is 2. The van der Waals surface area contributed by atoms with Gasteiger partial charge in [-0.3, -0.25) is 0 Å². The molecular formula is C15H15ClN4OS2. The van der Waals surface area contributed by atoms with E-state index in [9.17, 15) is 0 Å². The molecule has 5 nitrogen and oxygen atoms in total. The highest BCUT2D eigenvalue weighted by Crippen LogP contribution is 2.36. The summed E-state index contributed by atoms with van der Waals surface area (Å²) >= 11 is 9.26. The van der Waals surface area contributed by atoms with Gasteiger partial charge in [0.25, 0.3) is 0 Å². The SMILES string of the molecule is CSc1cc(N)nc(SC(C)c2cc3cc(C)oc3c(Cl)n2)n1. The third kappa shape index (κ3) is 3.57. The molecule has 0 aromatic carbocycles. The molecule has 0 saturated heterocycles. The quantitative estimate of drug-likeness (QED) is 0.309. The number of aryl methyl sites for hydroxylation is 1. The molecule has 2 N–H and O–H groups in total. The van der Waals surface area contributed by atoms with Crippen LogP contribution in [0.2, 0.25) is 5.15 Å². The predicted octanol–water partition coefficient (Wildman–Crippen LogP) is 4.74. The highest BCUT2D eigenvalue weighted by Gasteiger charge is 2.16. The molecule has 0 fully saturated rings. The summed E-state index contributed by atoms with van der Waals surface area (Å²) in [5.41, 5.74) is 7.30. The van der Waals surface area contributed by atoms with Crippen molar-refractivity contribution < 1.29 is 4.42 Å². The van der Waals surface area contributed by atoms with Gasteiger partial charge in [0.05, 0.1) is 10.9 Å². The fourth-order valence-corrected chi connectivity index (χ4v) is 3.75. The smallest absolute Gasteiger partial charge is 0.191 e. The lowest BCUT2D eigenvalue weighted by Gasteiger charge is -2.11. The maximum absolute atomic E-state index is 6.23. The molecule has 23 heavy (non-hydrogen) atoms. The maximum atomic E-state index is 6.23. The molecule has 0 saturated carbocycles. The average Bonchev–Trinajstić information content (AvgIpc) is 2.87. The predicted molar refractivity (Wildman–Crippen MR) is 96.3 cm³/mol. The number of hydrogen-bond donors (Lipinski definition) is 1. The fourth-order valence-electron chi connectivity index (χ4n) is 2.16. The molecule has 120 valence electrons. The van der Waals surface area contributed by atoms with E-state index in [1.807, 2.05) is 32.2 Å². The van der Waals surface area contributed by atoms with E-state index in [1.165, 1.54) is 23.5 Å². The van der Waals surface area contributed by atoms with Crippen molar-refractivity contribution in [3.05, 3.63) is 34.8 Å². The molecule has 1 unspecified atom stereocenters. The molecule has 0 bridgehead atoms. The Morgan fingerprint density at radius 3 is 2.74 bits per heavy atom. The highest BCUT2D eigenvalue weighted by molar-refractivity contribution is 7.99. The summed E-state index contributed by atoms with van der Waals surface area (Å²) in [5.74, 6) is 1.27. The third-order valence-electron chi connectivity index (χ3n) is 3.21. The van der Waals surface area contributed by atoms with E-state index >= 15 is 0 Å². The lowest BCUT2D eigenvalue weighted by Crippen LogP contribution is -1.99. The summed E-state index contributed by atoms with van der Waals surface area (Å²) < 4.78 is 5.55. The Hall–Kier alpha value is -1.44. The number of anilines is 1. The van der Waals surface area contributed by atoms with Gasteiger partial charge in [-0.1, -0.05) is 23.4 Å². The van der Waals surface area contributed by atoms with Crippen LogP contribution in [0.1, 0.15) is 23.6 Å². The lowest BCUT2D eigenvalue weighted by molar-refractivity contribution is 0.577. The minimum atomic E-state index is 0.0311. The number of pyridine rings is 1. The standard InChI is InChI=1S/C15H15ClN4OS2/c1-7-4-9-5-10(18-14(16)13(9)21-7)8(2)23-15-19-11(17)6-12(20-15)22-3/h4-6,8H,1-3H3,(H2,17,19,20). The van der Waals surface area contributed by atoms with Gasteiger partial charge in [-0.25, -0.2) is 15.0 Å². The molecule has 3 heterocycles. The molecule has 0 aliphatic heterocycles. The molecule has 3 rings (SSSR count). The lowest BCUT2D eigenvalue weighted by atomic mass is 10.2. The van der Waals surface area contributed by atoms with Crippen molar-refractivity contribution in [3.63, 3.8) is 0 Å². The van der Waals surface area contributed by atoms with Gasteiger partial charge >= 0.3 is 0 Å². The van der Waals surface area contributed by atoms with Crippen LogP contribution in [0.15, 0.2) is 32.8 Å². The van der Waals surface area contributed by atoms with Crippen LogP contribution in [0, 0.1) is 6.92 Å². The molecule has 3 aromatic rings. The molecule has 0 amide bonds. The van der Waals surface area contributed by atoms with Gasteiger partial charge < -0.3 is 10.2 Å². The molecule has 8 heteroatoms. The fraction of sp³-hybridized carbons (Fsp3) is 0.267. The minimum Gasteiger partial charge on any atom is -0.458 e. The van der Waals surface area contributed by atoms with Crippen LogP contribution in [-0.4, -0.2) is 21.2 Å². The first kappa shape index (κ1) is 16.4. The number of furan rings is 1.